The quantitative estimate of drug-likeness (QED) is 0.862. The zero-order valence-corrected chi connectivity index (χ0v) is 12.2. The third kappa shape index (κ3) is 4.06. The van der Waals surface area contributed by atoms with Crippen molar-refractivity contribution in [3.63, 3.8) is 0 Å². The Morgan fingerprint density at radius 1 is 1.41 bits per heavy atom. The molecule has 0 aliphatic rings. The molecule has 0 saturated heterocycles. The summed E-state index contributed by atoms with van der Waals surface area (Å²) in [6.07, 6.45) is -0.112. The third-order valence-corrected chi connectivity index (χ3v) is 5.15. The monoisotopic (exact) mass is 277 g/mol. The minimum absolute atomic E-state index is 0.278. The Labute approximate surface area is 107 Å². The highest BCUT2D eigenvalue weighted by atomic mass is 32.2. The van der Waals surface area contributed by atoms with Crippen molar-refractivity contribution in [1.82, 2.24) is 4.72 Å². The molecule has 1 heterocycles. The molecular formula is C11H19NO3S2. The van der Waals surface area contributed by atoms with Gasteiger partial charge in [-0.3, -0.25) is 0 Å². The van der Waals surface area contributed by atoms with Gasteiger partial charge in [-0.1, -0.05) is 0 Å². The van der Waals surface area contributed by atoms with Crippen molar-refractivity contribution >= 4 is 21.4 Å². The van der Waals surface area contributed by atoms with Crippen molar-refractivity contribution in [2.24, 2.45) is 0 Å². The number of rotatable bonds is 5. The van der Waals surface area contributed by atoms with Gasteiger partial charge in [0, 0.05) is 15.8 Å². The molecule has 6 heteroatoms. The second-order valence-corrected chi connectivity index (χ2v) is 7.53. The second kappa shape index (κ2) is 5.48. The van der Waals surface area contributed by atoms with E-state index in [1.807, 2.05) is 6.92 Å². The summed E-state index contributed by atoms with van der Waals surface area (Å²) in [4.78, 5) is 2.11. The molecule has 1 aromatic rings. The minimum atomic E-state index is -3.47. The normalized spacial score (nSPS) is 15.8. The van der Waals surface area contributed by atoms with Crippen LogP contribution in [0.15, 0.2) is 11.0 Å². The number of thiophene rings is 1. The van der Waals surface area contributed by atoms with Crippen LogP contribution >= 0.6 is 11.3 Å². The van der Waals surface area contributed by atoms with Gasteiger partial charge in [0.05, 0.1) is 11.0 Å². The van der Waals surface area contributed by atoms with E-state index in [9.17, 15) is 13.5 Å². The average Bonchev–Trinajstić information content (AvgIpc) is 2.42. The molecule has 0 saturated carbocycles. The van der Waals surface area contributed by atoms with E-state index < -0.39 is 16.1 Å². The molecule has 17 heavy (non-hydrogen) atoms. The lowest BCUT2D eigenvalue weighted by molar-refractivity contribution is 0.175. The predicted molar refractivity (Wildman–Crippen MR) is 69.9 cm³/mol. The van der Waals surface area contributed by atoms with Crippen LogP contribution in [-0.2, 0) is 10.0 Å². The maximum Gasteiger partial charge on any atom is 0.241 e. The van der Waals surface area contributed by atoms with Gasteiger partial charge in [-0.15, -0.1) is 11.3 Å². The van der Waals surface area contributed by atoms with Gasteiger partial charge in [-0.2, -0.15) is 0 Å². The lowest BCUT2D eigenvalue weighted by Gasteiger charge is -2.15. The summed E-state index contributed by atoms with van der Waals surface area (Å²) >= 11 is 1.47. The Morgan fingerprint density at radius 2 is 2.00 bits per heavy atom. The van der Waals surface area contributed by atoms with E-state index in [2.05, 4.69) is 4.72 Å². The van der Waals surface area contributed by atoms with Crippen molar-refractivity contribution in [3.8, 4) is 0 Å². The highest BCUT2D eigenvalue weighted by molar-refractivity contribution is 7.89. The number of aryl methyl sites for hydroxylation is 2. The van der Waals surface area contributed by atoms with Crippen LogP contribution in [0.1, 0.15) is 30.0 Å². The number of nitrogens with one attached hydrogen (secondary N) is 1. The van der Waals surface area contributed by atoms with E-state index in [-0.39, 0.29) is 6.04 Å². The Morgan fingerprint density at radius 3 is 2.41 bits per heavy atom. The zero-order chi connectivity index (χ0) is 13.2. The molecule has 0 spiro atoms. The summed E-state index contributed by atoms with van der Waals surface area (Å²) in [6, 6.07) is 1.40. The van der Waals surface area contributed by atoms with Crippen molar-refractivity contribution in [1.29, 1.82) is 0 Å². The van der Waals surface area contributed by atoms with Gasteiger partial charge in [0.1, 0.15) is 0 Å². The first-order valence-corrected chi connectivity index (χ1v) is 7.79. The molecule has 0 aromatic carbocycles. The van der Waals surface area contributed by atoms with Gasteiger partial charge in [0.25, 0.3) is 0 Å². The molecule has 98 valence electrons. The zero-order valence-electron chi connectivity index (χ0n) is 10.5. The fraction of sp³-hybridized carbons (Fsp3) is 0.636. The SMILES string of the molecule is Cc1cc(S(=O)(=O)NC(C)CC(C)O)c(C)s1. The molecule has 2 unspecified atom stereocenters. The number of sulfonamides is 1. The molecule has 0 aliphatic heterocycles. The molecule has 2 atom stereocenters. The maximum absolute atomic E-state index is 12.1. The highest BCUT2D eigenvalue weighted by Gasteiger charge is 2.21. The standard InChI is InChI=1S/C11H19NO3S2/c1-7(5-8(2)13)12-17(14,15)11-6-9(3)16-10(11)4/h6-8,12-13H,5H2,1-4H3. The van der Waals surface area contributed by atoms with Crippen molar-refractivity contribution < 1.29 is 13.5 Å². The molecule has 4 nitrogen and oxygen atoms in total. The molecule has 1 aromatic heterocycles. The van der Waals surface area contributed by atoms with E-state index in [1.165, 1.54) is 11.3 Å². The van der Waals surface area contributed by atoms with E-state index >= 15 is 0 Å². The first kappa shape index (κ1) is 14.6. The second-order valence-electron chi connectivity index (χ2n) is 4.38. The number of aliphatic hydroxyl groups is 1. The van der Waals surface area contributed by atoms with Crippen LogP contribution < -0.4 is 4.72 Å². The Hall–Kier alpha value is -0.430. The highest BCUT2D eigenvalue weighted by Crippen LogP contribution is 2.25. The van der Waals surface area contributed by atoms with E-state index in [4.69, 9.17) is 0 Å². The lowest BCUT2D eigenvalue weighted by atomic mass is 10.2. The molecule has 0 aliphatic carbocycles. The van der Waals surface area contributed by atoms with Crippen LogP contribution in [0.5, 0.6) is 0 Å². The first-order chi connectivity index (χ1) is 7.72. The fourth-order valence-corrected chi connectivity index (χ4v) is 4.57. The fourth-order valence-electron chi connectivity index (χ4n) is 1.76. The van der Waals surface area contributed by atoms with Crippen LogP contribution in [0.2, 0.25) is 0 Å². The van der Waals surface area contributed by atoms with E-state index in [0.717, 1.165) is 9.75 Å². The molecule has 0 fully saturated rings. The summed E-state index contributed by atoms with van der Waals surface area (Å²) in [5.74, 6) is 0. The Kier molecular flexibility index (Phi) is 4.71. The lowest BCUT2D eigenvalue weighted by Crippen LogP contribution is -2.34. The van der Waals surface area contributed by atoms with E-state index in [1.54, 1.807) is 26.8 Å². The third-order valence-electron chi connectivity index (χ3n) is 2.34. The first-order valence-electron chi connectivity index (χ1n) is 5.50. The predicted octanol–water partition coefficient (Wildman–Crippen LogP) is 1.80. The number of hydrogen-bond acceptors (Lipinski definition) is 4. The van der Waals surface area contributed by atoms with Crippen molar-refractivity contribution in [2.45, 2.75) is 51.2 Å². The van der Waals surface area contributed by atoms with Crippen LogP contribution in [0.3, 0.4) is 0 Å². The van der Waals surface area contributed by atoms with Gasteiger partial charge < -0.3 is 5.11 Å². The number of aliphatic hydroxyl groups excluding tert-OH is 1. The smallest absolute Gasteiger partial charge is 0.241 e. The molecular weight excluding hydrogens is 258 g/mol. The van der Waals surface area contributed by atoms with Crippen LogP contribution in [-0.4, -0.2) is 25.7 Å². The summed E-state index contributed by atoms with van der Waals surface area (Å²) in [7, 11) is -3.47. The molecule has 2 N–H and O–H groups in total. The van der Waals surface area contributed by atoms with Gasteiger partial charge in [0.2, 0.25) is 10.0 Å². The topological polar surface area (TPSA) is 66.4 Å². The van der Waals surface area contributed by atoms with Crippen molar-refractivity contribution in [2.75, 3.05) is 0 Å². The molecule has 0 bridgehead atoms. The maximum atomic E-state index is 12.1. The van der Waals surface area contributed by atoms with Gasteiger partial charge >= 0.3 is 0 Å². The molecule has 0 amide bonds. The van der Waals surface area contributed by atoms with Gasteiger partial charge in [0.15, 0.2) is 0 Å². The largest absolute Gasteiger partial charge is 0.393 e. The summed E-state index contributed by atoms with van der Waals surface area (Å²) in [5.41, 5.74) is 0. The Balaban J connectivity index is 2.86. The molecule has 1 rings (SSSR count). The van der Waals surface area contributed by atoms with Crippen LogP contribution in [0.4, 0.5) is 0 Å². The number of hydrogen-bond donors (Lipinski definition) is 2. The summed E-state index contributed by atoms with van der Waals surface area (Å²) in [6.45, 7) is 7.07. The Bertz CT molecular complexity index is 477. The van der Waals surface area contributed by atoms with Crippen LogP contribution in [0.25, 0.3) is 0 Å². The van der Waals surface area contributed by atoms with Gasteiger partial charge in [-0.25, -0.2) is 13.1 Å². The van der Waals surface area contributed by atoms with E-state index in [0.29, 0.717) is 11.3 Å². The average molecular weight is 277 g/mol. The summed E-state index contributed by atoms with van der Waals surface area (Å²) < 4.78 is 26.7. The van der Waals surface area contributed by atoms with Crippen LogP contribution in [0, 0.1) is 13.8 Å². The molecule has 0 radical (unpaired) electrons. The summed E-state index contributed by atoms with van der Waals surface area (Å²) in [5, 5.41) is 9.22. The van der Waals surface area contributed by atoms with Gasteiger partial charge in [-0.05, 0) is 40.2 Å². The van der Waals surface area contributed by atoms with Crippen molar-refractivity contribution in [3.05, 3.63) is 15.8 Å². The minimum Gasteiger partial charge on any atom is -0.393 e.